The normalized spacial score (nSPS) is 17.5. The molecule has 19 heavy (non-hydrogen) atoms. The van der Waals surface area contributed by atoms with Gasteiger partial charge in [0.25, 0.3) is 0 Å². The minimum Gasteiger partial charge on any atom is -0.486 e. The molecule has 0 amide bonds. The largest absolute Gasteiger partial charge is 0.486 e. The highest BCUT2D eigenvalue weighted by atomic mass is 19.4. The summed E-state index contributed by atoms with van der Waals surface area (Å²) in [7, 11) is 1.75. The smallest absolute Gasteiger partial charge is 0.416 e. The van der Waals surface area contributed by atoms with Crippen molar-refractivity contribution in [2.75, 3.05) is 25.1 Å². The molecule has 6 heteroatoms. The van der Waals surface area contributed by atoms with E-state index >= 15 is 0 Å². The highest BCUT2D eigenvalue weighted by molar-refractivity contribution is 5.87. The van der Waals surface area contributed by atoms with Crippen LogP contribution >= 0.6 is 0 Å². The van der Waals surface area contributed by atoms with Crippen LogP contribution in [0.5, 0.6) is 5.75 Å². The summed E-state index contributed by atoms with van der Waals surface area (Å²) in [5.41, 5.74) is 0.507. The van der Waals surface area contributed by atoms with Gasteiger partial charge in [0.15, 0.2) is 0 Å². The quantitative estimate of drug-likeness (QED) is 0.722. The Bertz CT molecular complexity index is 590. The molecule has 0 saturated heterocycles. The topological polar surface area (TPSA) is 24.8 Å². The third-order valence-electron chi connectivity index (χ3n) is 3.20. The van der Waals surface area contributed by atoms with E-state index in [-0.39, 0.29) is 12.1 Å². The summed E-state index contributed by atoms with van der Waals surface area (Å²) in [4.78, 5) is 5.84. The van der Waals surface area contributed by atoms with E-state index in [1.807, 2.05) is 0 Å². The van der Waals surface area contributed by atoms with Crippen LogP contribution in [-0.4, -0.2) is 32.6 Å². The van der Waals surface area contributed by atoms with Gasteiger partial charge in [0.05, 0.1) is 5.57 Å². The minimum atomic E-state index is -4.36. The van der Waals surface area contributed by atoms with E-state index in [1.54, 1.807) is 18.0 Å². The fraction of sp³-hybridized carbons (Fsp3) is 0.308. The summed E-state index contributed by atoms with van der Waals surface area (Å²) in [6.07, 6.45) is -1.62. The third kappa shape index (κ3) is 1.97. The predicted molar refractivity (Wildman–Crippen MR) is 67.4 cm³/mol. The van der Waals surface area contributed by atoms with E-state index in [0.29, 0.717) is 23.7 Å². The van der Waals surface area contributed by atoms with E-state index in [2.05, 4.69) is 4.99 Å². The second kappa shape index (κ2) is 4.01. The molecule has 0 fully saturated rings. The second-order valence-corrected chi connectivity index (χ2v) is 4.46. The average Bonchev–Trinajstić information content (AvgIpc) is 2.36. The minimum absolute atomic E-state index is 0.155. The van der Waals surface area contributed by atoms with E-state index in [0.717, 1.165) is 0 Å². The van der Waals surface area contributed by atoms with Crippen LogP contribution in [-0.2, 0) is 0 Å². The number of fused-ring (bicyclic) bond motifs is 2. The molecule has 2 aliphatic rings. The molecule has 0 atom stereocenters. The number of rotatable bonds is 0. The molecule has 0 saturated carbocycles. The number of anilines is 1. The molecule has 1 aromatic carbocycles. The molecule has 2 aliphatic heterocycles. The van der Waals surface area contributed by atoms with Gasteiger partial charge in [-0.05, 0) is 6.07 Å². The number of halogens is 3. The van der Waals surface area contributed by atoms with Crippen molar-refractivity contribution < 1.29 is 17.9 Å². The summed E-state index contributed by atoms with van der Waals surface area (Å²) in [6.45, 7) is 0.571. The van der Waals surface area contributed by atoms with Gasteiger partial charge < -0.3 is 9.64 Å². The highest BCUT2D eigenvalue weighted by Crippen LogP contribution is 2.45. The zero-order chi connectivity index (χ0) is 13.6. The molecule has 3 rings (SSSR count). The van der Waals surface area contributed by atoms with Gasteiger partial charge in [-0.1, -0.05) is 6.08 Å². The maximum absolute atomic E-state index is 13.0. The van der Waals surface area contributed by atoms with Crippen LogP contribution in [0.1, 0.15) is 5.56 Å². The monoisotopic (exact) mass is 268 g/mol. The maximum atomic E-state index is 13.0. The Morgan fingerprint density at radius 3 is 2.84 bits per heavy atom. The predicted octanol–water partition coefficient (Wildman–Crippen LogP) is 3.18. The number of allylic oxidation sites excluding steroid dienone is 1. The number of aliphatic imine (C=N–C) groups is 1. The van der Waals surface area contributed by atoms with Crippen LogP contribution in [0.3, 0.4) is 0 Å². The lowest BCUT2D eigenvalue weighted by Crippen LogP contribution is -2.26. The molecule has 1 aromatic rings. The maximum Gasteiger partial charge on any atom is 0.416 e. The first-order chi connectivity index (χ1) is 8.97. The van der Waals surface area contributed by atoms with Gasteiger partial charge in [-0.3, -0.25) is 4.99 Å². The van der Waals surface area contributed by atoms with Crippen molar-refractivity contribution in [1.29, 1.82) is 0 Å². The van der Waals surface area contributed by atoms with Gasteiger partial charge in [0.1, 0.15) is 18.0 Å². The fourth-order valence-corrected chi connectivity index (χ4v) is 2.27. The first kappa shape index (κ1) is 12.1. The summed E-state index contributed by atoms with van der Waals surface area (Å²) in [5, 5.41) is 0. The van der Waals surface area contributed by atoms with Crippen molar-refractivity contribution in [3.05, 3.63) is 23.8 Å². The molecule has 0 N–H and O–H groups in total. The van der Waals surface area contributed by atoms with Crippen LogP contribution in [0.25, 0.3) is 5.57 Å². The van der Waals surface area contributed by atoms with Crippen molar-refractivity contribution in [3.63, 3.8) is 0 Å². The summed E-state index contributed by atoms with van der Waals surface area (Å²) in [6, 6.07) is 3.06. The Kier molecular flexibility index (Phi) is 2.55. The molecule has 2 heterocycles. The first-order valence-corrected chi connectivity index (χ1v) is 5.79. The third-order valence-corrected chi connectivity index (χ3v) is 3.20. The Morgan fingerprint density at radius 2 is 2.11 bits per heavy atom. The number of ether oxygens (including phenoxy) is 1. The van der Waals surface area contributed by atoms with Gasteiger partial charge in [-0.2, -0.15) is 13.2 Å². The van der Waals surface area contributed by atoms with Gasteiger partial charge >= 0.3 is 6.18 Å². The van der Waals surface area contributed by atoms with E-state index in [1.165, 1.54) is 18.4 Å². The Balaban J connectivity index is 2.19. The van der Waals surface area contributed by atoms with Crippen LogP contribution < -0.4 is 9.64 Å². The lowest BCUT2D eigenvalue weighted by atomic mass is 9.97. The van der Waals surface area contributed by atoms with Crippen molar-refractivity contribution >= 4 is 23.2 Å². The van der Waals surface area contributed by atoms with Crippen molar-refractivity contribution in [1.82, 2.24) is 0 Å². The van der Waals surface area contributed by atoms with Gasteiger partial charge in [0, 0.05) is 37.1 Å². The lowest BCUT2D eigenvalue weighted by molar-refractivity contribution is -0.0691. The Hall–Kier alpha value is -1.98. The summed E-state index contributed by atoms with van der Waals surface area (Å²) < 4.78 is 44.5. The standard InChI is InChI=1S/C13H11F3N2O/c1-18-4-2-9(13(14,15)16)8-6-10-12(7-11(8)18)19-5-3-17-10/h2-3,6-7H,4-5H2,1H3. The van der Waals surface area contributed by atoms with Crippen molar-refractivity contribution in [2.45, 2.75) is 6.18 Å². The van der Waals surface area contributed by atoms with Crippen LogP contribution in [0.15, 0.2) is 23.2 Å². The summed E-state index contributed by atoms with van der Waals surface area (Å²) >= 11 is 0. The Labute approximate surface area is 108 Å². The highest BCUT2D eigenvalue weighted by Gasteiger charge is 2.38. The molecular weight excluding hydrogens is 257 g/mol. The SMILES string of the molecule is CN1CC=C(C(F)(F)F)c2cc3c(cc21)OCC=N3. The van der Waals surface area contributed by atoms with Crippen LogP contribution in [0, 0.1) is 0 Å². The molecule has 0 bridgehead atoms. The molecule has 3 nitrogen and oxygen atoms in total. The van der Waals surface area contributed by atoms with E-state index in [4.69, 9.17) is 4.74 Å². The van der Waals surface area contributed by atoms with Crippen molar-refractivity contribution in [2.24, 2.45) is 4.99 Å². The van der Waals surface area contributed by atoms with Gasteiger partial charge in [-0.25, -0.2) is 0 Å². The Morgan fingerprint density at radius 1 is 1.32 bits per heavy atom. The number of likely N-dealkylation sites (N-methyl/N-ethyl adjacent to an activating group) is 1. The number of hydrogen-bond donors (Lipinski definition) is 0. The molecule has 0 spiro atoms. The van der Waals surface area contributed by atoms with Gasteiger partial charge in [-0.15, -0.1) is 0 Å². The fourth-order valence-electron chi connectivity index (χ4n) is 2.27. The average molecular weight is 268 g/mol. The van der Waals surface area contributed by atoms with Gasteiger partial charge in [0.2, 0.25) is 0 Å². The molecule has 0 unspecified atom stereocenters. The molecular formula is C13H11F3N2O. The van der Waals surface area contributed by atoms with E-state index < -0.39 is 11.7 Å². The molecule has 0 aromatic heterocycles. The first-order valence-electron chi connectivity index (χ1n) is 5.79. The van der Waals surface area contributed by atoms with Crippen LogP contribution in [0.2, 0.25) is 0 Å². The number of benzene rings is 1. The zero-order valence-electron chi connectivity index (χ0n) is 10.2. The zero-order valence-corrected chi connectivity index (χ0v) is 10.2. The summed E-state index contributed by atoms with van der Waals surface area (Å²) in [5.74, 6) is 0.525. The molecule has 0 aliphatic carbocycles. The molecule has 0 radical (unpaired) electrons. The van der Waals surface area contributed by atoms with Crippen molar-refractivity contribution in [3.8, 4) is 5.75 Å². The van der Waals surface area contributed by atoms with E-state index in [9.17, 15) is 13.2 Å². The molecule has 100 valence electrons. The number of nitrogens with zero attached hydrogens (tertiary/aromatic N) is 2. The number of hydrogen-bond acceptors (Lipinski definition) is 3. The lowest BCUT2D eigenvalue weighted by Gasteiger charge is -2.29. The van der Waals surface area contributed by atoms with Crippen LogP contribution in [0.4, 0.5) is 24.5 Å². The second-order valence-electron chi connectivity index (χ2n) is 4.46. The number of alkyl halides is 3.